The summed E-state index contributed by atoms with van der Waals surface area (Å²) in [7, 11) is 0. The van der Waals surface area contributed by atoms with Crippen molar-refractivity contribution in [3.63, 3.8) is 0 Å². The van der Waals surface area contributed by atoms with Crippen molar-refractivity contribution in [1.82, 2.24) is 9.78 Å². The van der Waals surface area contributed by atoms with Gasteiger partial charge in [0.1, 0.15) is 0 Å². The molecule has 0 saturated carbocycles. The molecule has 1 aromatic carbocycles. The number of benzene rings is 1. The van der Waals surface area contributed by atoms with Gasteiger partial charge in [0.2, 0.25) is 0 Å². The zero-order valence-electron chi connectivity index (χ0n) is 8.96. The molecule has 2 rings (SSSR count). The maximum Gasteiger partial charge on any atom is 0.358 e. The summed E-state index contributed by atoms with van der Waals surface area (Å²) in [5.74, 6) is -1.18. The van der Waals surface area contributed by atoms with Crippen LogP contribution in [-0.4, -0.2) is 20.9 Å². The lowest BCUT2D eigenvalue weighted by Crippen LogP contribution is -2.03. The molecule has 0 aliphatic rings. The smallest absolute Gasteiger partial charge is 0.358 e. The van der Waals surface area contributed by atoms with E-state index in [1.165, 1.54) is 10.9 Å². The molecule has 0 bridgehead atoms. The van der Waals surface area contributed by atoms with Crippen molar-refractivity contribution in [1.29, 1.82) is 5.26 Å². The summed E-state index contributed by atoms with van der Waals surface area (Å²) < 4.78 is 1.98. The van der Waals surface area contributed by atoms with Crippen LogP contribution >= 0.6 is 15.9 Å². The Morgan fingerprint density at radius 3 is 2.78 bits per heavy atom. The number of anilines is 1. The average molecular weight is 307 g/mol. The summed E-state index contributed by atoms with van der Waals surface area (Å²) in [5, 5.41) is 21.5. The van der Waals surface area contributed by atoms with E-state index < -0.39 is 5.97 Å². The SMILES string of the molecule is N#Cc1ccc(-n2cc(N)c(C(=O)O)n2)c(Br)c1. The Balaban J connectivity index is 2.53. The van der Waals surface area contributed by atoms with Gasteiger partial charge < -0.3 is 10.8 Å². The number of rotatable bonds is 2. The molecule has 18 heavy (non-hydrogen) atoms. The third-order valence-electron chi connectivity index (χ3n) is 2.27. The first kappa shape index (κ1) is 12.1. The van der Waals surface area contributed by atoms with Gasteiger partial charge in [-0.05, 0) is 34.1 Å². The molecule has 0 saturated heterocycles. The Kier molecular flexibility index (Phi) is 3.04. The van der Waals surface area contributed by atoms with Crippen molar-refractivity contribution in [2.24, 2.45) is 0 Å². The van der Waals surface area contributed by atoms with Gasteiger partial charge in [-0.15, -0.1) is 0 Å². The van der Waals surface area contributed by atoms with Crippen molar-refractivity contribution in [3.8, 4) is 11.8 Å². The van der Waals surface area contributed by atoms with Crippen LogP contribution in [-0.2, 0) is 0 Å². The minimum atomic E-state index is -1.18. The summed E-state index contributed by atoms with van der Waals surface area (Å²) >= 11 is 3.30. The Hall–Kier alpha value is -2.33. The molecular formula is C11H7BrN4O2. The van der Waals surface area contributed by atoms with E-state index in [0.29, 0.717) is 15.7 Å². The number of carbonyl (C=O) groups is 1. The summed E-state index contributed by atoms with van der Waals surface area (Å²) in [6.07, 6.45) is 1.41. The Morgan fingerprint density at radius 2 is 2.28 bits per heavy atom. The molecule has 0 radical (unpaired) electrons. The van der Waals surface area contributed by atoms with Gasteiger partial charge in [-0.1, -0.05) is 0 Å². The molecule has 90 valence electrons. The largest absolute Gasteiger partial charge is 0.476 e. The van der Waals surface area contributed by atoms with E-state index in [2.05, 4.69) is 21.0 Å². The fourth-order valence-electron chi connectivity index (χ4n) is 1.44. The van der Waals surface area contributed by atoms with Crippen LogP contribution in [0.1, 0.15) is 16.1 Å². The number of hydrogen-bond acceptors (Lipinski definition) is 4. The molecule has 0 fully saturated rings. The van der Waals surface area contributed by atoms with Gasteiger partial charge in [-0.25, -0.2) is 9.48 Å². The van der Waals surface area contributed by atoms with Gasteiger partial charge >= 0.3 is 5.97 Å². The molecule has 2 aromatic rings. The Labute approximate surface area is 110 Å². The van der Waals surface area contributed by atoms with Crippen molar-refractivity contribution >= 4 is 27.6 Å². The number of halogens is 1. The van der Waals surface area contributed by atoms with E-state index in [4.69, 9.17) is 16.1 Å². The minimum Gasteiger partial charge on any atom is -0.476 e. The summed E-state index contributed by atoms with van der Waals surface area (Å²) in [5.41, 5.74) is 6.53. The highest BCUT2D eigenvalue weighted by Crippen LogP contribution is 2.23. The molecule has 0 aliphatic carbocycles. The predicted molar refractivity (Wildman–Crippen MR) is 67.4 cm³/mol. The number of hydrogen-bond donors (Lipinski definition) is 2. The van der Waals surface area contributed by atoms with Crippen LogP contribution in [0.15, 0.2) is 28.9 Å². The molecular weight excluding hydrogens is 300 g/mol. The van der Waals surface area contributed by atoms with Gasteiger partial charge in [0.15, 0.2) is 5.69 Å². The number of nitrogens with zero attached hydrogens (tertiary/aromatic N) is 3. The van der Waals surface area contributed by atoms with E-state index in [0.717, 1.165) is 0 Å². The zero-order chi connectivity index (χ0) is 13.3. The normalized spacial score (nSPS) is 10.0. The summed E-state index contributed by atoms with van der Waals surface area (Å²) in [6.45, 7) is 0. The van der Waals surface area contributed by atoms with Crippen LogP contribution in [0.5, 0.6) is 0 Å². The summed E-state index contributed by atoms with van der Waals surface area (Å²) in [6, 6.07) is 6.88. The molecule has 0 aliphatic heterocycles. The minimum absolute atomic E-state index is 0.0822. The number of carboxylic acid groups (broad SMARTS) is 1. The van der Waals surface area contributed by atoms with Gasteiger partial charge in [0.25, 0.3) is 0 Å². The van der Waals surface area contributed by atoms with Crippen molar-refractivity contribution in [2.75, 3.05) is 5.73 Å². The third-order valence-corrected chi connectivity index (χ3v) is 2.90. The van der Waals surface area contributed by atoms with Crippen LogP contribution in [0.3, 0.4) is 0 Å². The highest BCUT2D eigenvalue weighted by atomic mass is 79.9. The van der Waals surface area contributed by atoms with Crippen LogP contribution in [0, 0.1) is 11.3 Å². The Morgan fingerprint density at radius 1 is 1.56 bits per heavy atom. The molecule has 1 aromatic heterocycles. The van der Waals surface area contributed by atoms with Gasteiger partial charge in [-0.2, -0.15) is 10.4 Å². The predicted octanol–water partition coefficient (Wildman–Crippen LogP) is 1.79. The third kappa shape index (κ3) is 2.06. The van der Waals surface area contributed by atoms with Gasteiger partial charge in [0, 0.05) is 4.47 Å². The van der Waals surface area contributed by atoms with E-state index >= 15 is 0 Å². The zero-order valence-corrected chi connectivity index (χ0v) is 10.5. The van der Waals surface area contributed by atoms with Crippen LogP contribution < -0.4 is 5.73 Å². The maximum absolute atomic E-state index is 10.8. The number of nitriles is 1. The lowest BCUT2D eigenvalue weighted by Gasteiger charge is -2.04. The van der Waals surface area contributed by atoms with Crippen molar-refractivity contribution < 1.29 is 9.90 Å². The first-order valence-corrected chi connectivity index (χ1v) is 5.60. The summed E-state index contributed by atoms with van der Waals surface area (Å²) in [4.78, 5) is 10.8. The molecule has 0 amide bonds. The number of aromatic carboxylic acids is 1. The highest BCUT2D eigenvalue weighted by Gasteiger charge is 2.15. The number of nitrogen functional groups attached to an aromatic ring is 1. The molecule has 0 unspecified atom stereocenters. The fourth-order valence-corrected chi connectivity index (χ4v) is 2.00. The standard InChI is InChI=1S/C11H7BrN4O2/c12-7-3-6(4-13)1-2-9(7)16-5-8(14)10(15-16)11(17)18/h1-3,5H,14H2,(H,17,18). The lowest BCUT2D eigenvalue weighted by molar-refractivity contribution is 0.0691. The van der Waals surface area contributed by atoms with Crippen molar-refractivity contribution in [2.45, 2.75) is 0 Å². The second-order valence-electron chi connectivity index (χ2n) is 3.46. The van der Waals surface area contributed by atoms with Crippen LogP contribution in [0.25, 0.3) is 5.69 Å². The highest BCUT2D eigenvalue weighted by molar-refractivity contribution is 9.10. The average Bonchev–Trinajstić information content (AvgIpc) is 2.71. The second kappa shape index (κ2) is 4.50. The second-order valence-corrected chi connectivity index (χ2v) is 4.32. The first-order chi connectivity index (χ1) is 8.52. The van der Waals surface area contributed by atoms with E-state index in [1.807, 2.05) is 6.07 Å². The van der Waals surface area contributed by atoms with Crippen molar-refractivity contribution in [3.05, 3.63) is 40.1 Å². The lowest BCUT2D eigenvalue weighted by atomic mass is 10.2. The topological polar surface area (TPSA) is 105 Å². The van der Waals surface area contributed by atoms with Crippen LogP contribution in [0.2, 0.25) is 0 Å². The number of aromatic nitrogens is 2. The van der Waals surface area contributed by atoms with E-state index in [1.54, 1.807) is 18.2 Å². The van der Waals surface area contributed by atoms with Gasteiger partial charge in [0.05, 0.1) is 29.2 Å². The maximum atomic E-state index is 10.8. The molecule has 1 heterocycles. The molecule has 0 atom stereocenters. The van der Waals surface area contributed by atoms with E-state index in [9.17, 15) is 4.79 Å². The van der Waals surface area contributed by atoms with E-state index in [-0.39, 0.29) is 11.4 Å². The molecule has 6 nitrogen and oxygen atoms in total. The van der Waals surface area contributed by atoms with Crippen LogP contribution in [0.4, 0.5) is 5.69 Å². The molecule has 3 N–H and O–H groups in total. The number of carboxylic acids is 1. The number of nitrogens with two attached hydrogens (primary N) is 1. The molecule has 0 spiro atoms. The molecule has 7 heteroatoms. The van der Waals surface area contributed by atoms with Gasteiger partial charge in [-0.3, -0.25) is 0 Å². The monoisotopic (exact) mass is 306 g/mol. The first-order valence-electron chi connectivity index (χ1n) is 4.81. The quantitative estimate of drug-likeness (QED) is 0.880. The fraction of sp³-hybridized carbons (Fsp3) is 0. The Bertz CT molecular complexity index is 672.